The van der Waals surface area contributed by atoms with E-state index in [0.717, 1.165) is 73.3 Å². The molecule has 17 aromatic carbocycles. The summed E-state index contributed by atoms with van der Waals surface area (Å²) in [5, 5.41) is 9.90. The Balaban J connectivity index is 0.000000144. The first-order valence-electron chi connectivity index (χ1n) is 37.1. The van der Waals surface area contributed by atoms with E-state index in [4.69, 9.17) is 0 Å². The van der Waals surface area contributed by atoms with Gasteiger partial charge >= 0.3 is 0 Å². The second-order valence-corrected chi connectivity index (χ2v) is 27.8. The lowest BCUT2D eigenvalue weighted by molar-refractivity contribution is 0.629. The summed E-state index contributed by atoms with van der Waals surface area (Å²) in [4.78, 5) is 4.30. The first kappa shape index (κ1) is 64.1. The molecule has 0 aliphatic carbocycles. The van der Waals surface area contributed by atoms with E-state index in [1.54, 1.807) is 6.07 Å². The number of para-hydroxylation sites is 9. The van der Waals surface area contributed by atoms with Gasteiger partial charge in [-0.3, -0.25) is 0 Å². The maximum absolute atomic E-state index is 15.1. The van der Waals surface area contributed by atoms with Gasteiger partial charge in [-0.2, -0.15) is 0 Å². The summed E-state index contributed by atoms with van der Waals surface area (Å²) < 4.78 is 24.7. The van der Waals surface area contributed by atoms with Crippen LogP contribution in [0.2, 0.25) is 0 Å². The Labute approximate surface area is 630 Å². The number of benzene rings is 17. The van der Waals surface area contributed by atoms with Crippen LogP contribution < -0.4 is 9.80 Å². The smallest absolute Gasteiger partial charge is 0.147 e. The van der Waals surface area contributed by atoms with Crippen LogP contribution in [0.5, 0.6) is 0 Å². The van der Waals surface area contributed by atoms with Crippen molar-refractivity contribution in [3.63, 3.8) is 0 Å². The molecular weight excluding hydrogens is 1330 g/mol. The predicted octanol–water partition coefficient (Wildman–Crippen LogP) is 27.8. The Hall–Kier alpha value is -14.5. The van der Waals surface area contributed by atoms with Crippen LogP contribution in [0.15, 0.2) is 419 Å². The molecule has 0 unspecified atom stereocenters. The molecule has 0 atom stereocenters. The fourth-order valence-electron chi connectivity index (χ4n) is 16.5. The quantitative estimate of drug-likeness (QED) is 0.115. The maximum Gasteiger partial charge on any atom is 0.147 e. The summed E-state index contributed by atoms with van der Waals surface area (Å²) in [6, 6.07) is 148. The van der Waals surface area contributed by atoms with Gasteiger partial charge in [0.05, 0.1) is 49.8 Å². The number of fused-ring (bicyclic) bond motifs is 12. The van der Waals surface area contributed by atoms with Gasteiger partial charge < -0.3 is 28.1 Å². The van der Waals surface area contributed by atoms with Crippen LogP contribution in [-0.4, -0.2) is 18.3 Å². The molecular formula is C102H69FN6. The molecule has 0 bridgehead atoms. The zero-order valence-corrected chi connectivity index (χ0v) is 59.4. The zero-order valence-electron chi connectivity index (χ0n) is 59.4. The second-order valence-electron chi connectivity index (χ2n) is 27.8. The molecule has 6 nitrogen and oxygen atoms in total. The van der Waals surface area contributed by atoms with Crippen LogP contribution in [0, 0.1) is 5.82 Å². The molecule has 0 N–H and O–H groups in total. The summed E-state index contributed by atoms with van der Waals surface area (Å²) in [5.41, 5.74) is 26.6. The third kappa shape index (κ3) is 11.4. The van der Waals surface area contributed by atoms with Crippen molar-refractivity contribution in [2.45, 2.75) is 0 Å². The molecule has 21 aromatic rings. The monoisotopic (exact) mass is 1400 g/mol. The van der Waals surface area contributed by atoms with Crippen molar-refractivity contribution < 1.29 is 4.39 Å². The standard InChI is InChI=1S/C54H37N3.C48H32FN3/c1-3-15-38(16-4-1)40-17-13-20-44(35-40)55(42-18-5-2-6-19-42)43-32-29-39(30-33-43)41-31-34-54-50(36-41)49-25-9-12-28-53(49)57(54)46-22-14-21-45(37-46)56-51-26-10-7-23-47(51)48-24-8-11-27-52(48)56;49-43-20-7-11-24-48(43)50(35-13-2-1-3-14-35)36-28-25-33(26-29-36)34-27-30-47-42(31-34)41-19-6-10-23-46(41)52(47)38-16-12-15-37(32-38)51-44-21-8-4-17-39(44)40-18-5-9-22-45(40)51/h1-37H;1-32H. The minimum Gasteiger partial charge on any atom is -0.310 e. The molecule has 0 spiro atoms. The van der Waals surface area contributed by atoms with Crippen LogP contribution in [0.3, 0.4) is 0 Å². The van der Waals surface area contributed by atoms with Crippen molar-refractivity contribution in [2.24, 2.45) is 0 Å². The number of hydrogen-bond acceptors (Lipinski definition) is 2. The van der Waals surface area contributed by atoms with Gasteiger partial charge in [0.15, 0.2) is 0 Å². The van der Waals surface area contributed by atoms with Crippen LogP contribution in [0.25, 0.3) is 143 Å². The van der Waals surface area contributed by atoms with Gasteiger partial charge in [-0.25, -0.2) is 4.39 Å². The van der Waals surface area contributed by atoms with E-state index in [1.807, 2.05) is 47.4 Å². The van der Waals surface area contributed by atoms with Crippen LogP contribution in [0.1, 0.15) is 0 Å². The molecule has 4 heterocycles. The van der Waals surface area contributed by atoms with Gasteiger partial charge in [0.25, 0.3) is 0 Å². The molecule has 0 fully saturated rings. The van der Waals surface area contributed by atoms with E-state index >= 15 is 4.39 Å². The minimum atomic E-state index is -0.266. The topological polar surface area (TPSA) is 26.2 Å². The van der Waals surface area contributed by atoms with Crippen molar-refractivity contribution in [3.05, 3.63) is 424 Å². The highest BCUT2D eigenvalue weighted by Gasteiger charge is 2.22. The second kappa shape index (κ2) is 27.2. The highest BCUT2D eigenvalue weighted by atomic mass is 19.1. The van der Waals surface area contributed by atoms with Crippen LogP contribution >= 0.6 is 0 Å². The van der Waals surface area contributed by atoms with Gasteiger partial charge in [0, 0.05) is 94.3 Å². The van der Waals surface area contributed by atoms with E-state index in [2.05, 4.69) is 387 Å². The van der Waals surface area contributed by atoms with Crippen molar-refractivity contribution in [1.82, 2.24) is 18.3 Å². The van der Waals surface area contributed by atoms with Gasteiger partial charge in [-0.1, -0.05) is 249 Å². The molecule has 7 heteroatoms. The van der Waals surface area contributed by atoms with Gasteiger partial charge in [0.1, 0.15) is 5.82 Å². The normalized spacial score (nSPS) is 11.5. The van der Waals surface area contributed by atoms with Gasteiger partial charge in [-0.05, 0) is 203 Å². The lowest BCUT2D eigenvalue weighted by Gasteiger charge is -2.26. The third-order valence-electron chi connectivity index (χ3n) is 21.4. The Morgan fingerprint density at radius 2 is 0.431 bits per heavy atom. The number of halogens is 1. The fourth-order valence-corrected chi connectivity index (χ4v) is 16.5. The number of nitrogens with zero attached hydrogens (tertiary/aromatic N) is 6. The number of aromatic nitrogens is 4. The van der Waals surface area contributed by atoms with Gasteiger partial charge in [-0.15, -0.1) is 0 Å². The van der Waals surface area contributed by atoms with Crippen molar-refractivity contribution in [2.75, 3.05) is 9.80 Å². The summed E-state index contributed by atoms with van der Waals surface area (Å²) >= 11 is 0. The fraction of sp³-hybridized carbons (Fsp3) is 0. The summed E-state index contributed by atoms with van der Waals surface area (Å²) in [6.45, 7) is 0. The highest BCUT2D eigenvalue weighted by Crippen LogP contribution is 2.44. The number of hydrogen-bond donors (Lipinski definition) is 0. The summed E-state index contributed by atoms with van der Waals surface area (Å²) in [6.07, 6.45) is 0. The molecule has 514 valence electrons. The first-order valence-corrected chi connectivity index (χ1v) is 37.1. The van der Waals surface area contributed by atoms with E-state index < -0.39 is 0 Å². The van der Waals surface area contributed by atoms with E-state index in [1.165, 1.54) is 105 Å². The zero-order chi connectivity index (χ0) is 72.3. The molecule has 21 rings (SSSR count). The van der Waals surface area contributed by atoms with Crippen molar-refractivity contribution in [3.8, 4) is 56.1 Å². The molecule has 0 aliphatic rings. The SMILES string of the molecule is Fc1ccccc1N(c1ccccc1)c1ccc(-c2ccc3c(c2)c2ccccc2n3-c2cccc(-n3c4ccccc4c4ccccc43)c2)cc1.c1ccc(-c2cccc(N(c3ccccc3)c3ccc(-c4ccc5c(c4)c4ccccc4n5-c4cccc(-n5c6ccccc6c6ccccc65)c4)cc3)c2)cc1. The molecule has 0 saturated carbocycles. The molecule has 4 aromatic heterocycles. The average molecular weight is 1400 g/mol. The maximum atomic E-state index is 15.1. The average Bonchev–Trinajstić information content (AvgIpc) is 1.60. The van der Waals surface area contributed by atoms with E-state index in [9.17, 15) is 0 Å². The first-order chi connectivity index (χ1) is 54.0. The van der Waals surface area contributed by atoms with Gasteiger partial charge in [0.2, 0.25) is 0 Å². The van der Waals surface area contributed by atoms with Crippen LogP contribution in [-0.2, 0) is 0 Å². The Kier molecular flexibility index (Phi) is 16.0. The lowest BCUT2D eigenvalue weighted by Crippen LogP contribution is -2.11. The molecule has 0 aliphatic heterocycles. The summed E-state index contributed by atoms with van der Waals surface area (Å²) in [7, 11) is 0. The van der Waals surface area contributed by atoms with E-state index in [-0.39, 0.29) is 5.82 Å². The van der Waals surface area contributed by atoms with Crippen LogP contribution in [0.4, 0.5) is 38.5 Å². The minimum absolute atomic E-state index is 0.266. The number of rotatable bonds is 13. The summed E-state index contributed by atoms with van der Waals surface area (Å²) in [5.74, 6) is -0.266. The Morgan fingerprint density at radius 3 is 0.835 bits per heavy atom. The highest BCUT2D eigenvalue weighted by molar-refractivity contribution is 6.14. The Bertz CT molecular complexity index is 6880. The molecule has 0 radical (unpaired) electrons. The molecule has 109 heavy (non-hydrogen) atoms. The molecule has 0 saturated heterocycles. The number of anilines is 6. The predicted molar refractivity (Wildman–Crippen MR) is 456 cm³/mol. The largest absolute Gasteiger partial charge is 0.310 e. The van der Waals surface area contributed by atoms with E-state index in [0.29, 0.717) is 5.69 Å². The molecule has 0 amide bonds. The van der Waals surface area contributed by atoms with Crippen molar-refractivity contribution >= 4 is 121 Å². The third-order valence-corrected chi connectivity index (χ3v) is 21.4. The van der Waals surface area contributed by atoms with Crippen molar-refractivity contribution in [1.29, 1.82) is 0 Å². The lowest BCUT2D eigenvalue weighted by atomic mass is 10.0. The Morgan fingerprint density at radius 1 is 0.165 bits per heavy atom.